The first kappa shape index (κ1) is 16.1. The number of hydrogen-bond acceptors (Lipinski definition) is 2. The molecule has 0 heterocycles. The van der Waals surface area contributed by atoms with Gasteiger partial charge in [0.25, 0.3) is 0 Å². The molecule has 1 atom stereocenters. The van der Waals surface area contributed by atoms with Gasteiger partial charge in [0.15, 0.2) is 0 Å². The zero-order valence-corrected chi connectivity index (χ0v) is 12.7. The van der Waals surface area contributed by atoms with E-state index in [1.165, 1.54) is 0 Å². The third kappa shape index (κ3) is 5.29. The Bertz CT molecular complexity index is 375. The molecular weight excluding hydrogens is 239 g/mol. The van der Waals surface area contributed by atoms with E-state index in [1.807, 2.05) is 12.1 Å². The van der Waals surface area contributed by atoms with Crippen LogP contribution in [0.3, 0.4) is 0 Å². The molecule has 0 radical (unpaired) electrons. The minimum Gasteiger partial charge on any atom is -0.310 e. The van der Waals surface area contributed by atoms with Gasteiger partial charge in [0.05, 0.1) is 0 Å². The molecule has 19 heavy (non-hydrogen) atoms. The van der Waals surface area contributed by atoms with E-state index in [9.17, 15) is 4.39 Å². The molecule has 108 valence electrons. The Labute approximate surface area is 117 Å². The summed E-state index contributed by atoms with van der Waals surface area (Å²) in [5.41, 5.74) is 1.73. The third-order valence-electron chi connectivity index (χ3n) is 3.69. The first-order valence-corrected chi connectivity index (χ1v) is 7.30. The highest BCUT2D eigenvalue weighted by Gasteiger charge is 2.07. The Kier molecular flexibility index (Phi) is 7.03. The predicted octanol–water partition coefficient (Wildman–Crippen LogP) is 3.52. The van der Waals surface area contributed by atoms with Gasteiger partial charge in [-0.15, -0.1) is 0 Å². The van der Waals surface area contributed by atoms with E-state index < -0.39 is 0 Å². The van der Waals surface area contributed by atoms with Crippen molar-refractivity contribution < 1.29 is 4.39 Å². The van der Waals surface area contributed by atoms with Crippen molar-refractivity contribution in [3.63, 3.8) is 0 Å². The van der Waals surface area contributed by atoms with Crippen LogP contribution in [0.5, 0.6) is 0 Å². The van der Waals surface area contributed by atoms with E-state index in [2.05, 4.69) is 31.0 Å². The van der Waals surface area contributed by atoms with Crippen molar-refractivity contribution in [3.05, 3.63) is 35.1 Å². The van der Waals surface area contributed by atoms with Crippen LogP contribution in [-0.4, -0.2) is 31.1 Å². The van der Waals surface area contributed by atoms with E-state index in [0.29, 0.717) is 5.56 Å². The van der Waals surface area contributed by atoms with Gasteiger partial charge in [0.2, 0.25) is 0 Å². The summed E-state index contributed by atoms with van der Waals surface area (Å²) in [6.45, 7) is 12.6. The van der Waals surface area contributed by atoms with E-state index in [-0.39, 0.29) is 11.9 Å². The molecule has 0 aromatic heterocycles. The van der Waals surface area contributed by atoms with Gasteiger partial charge in [-0.2, -0.15) is 0 Å². The lowest BCUT2D eigenvalue weighted by Crippen LogP contribution is -2.28. The predicted molar refractivity (Wildman–Crippen MR) is 80.0 cm³/mol. The summed E-state index contributed by atoms with van der Waals surface area (Å²) >= 11 is 0. The van der Waals surface area contributed by atoms with Crippen LogP contribution in [0, 0.1) is 12.7 Å². The van der Waals surface area contributed by atoms with Gasteiger partial charge in [-0.25, -0.2) is 4.39 Å². The highest BCUT2D eigenvalue weighted by atomic mass is 19.1. The minimum absolute atomic E-state index is 0.116. The highest BCUT2D eigenvalue weighted by molar-refractivity contribution is 5.25. The molecule has 0 amide bonds. The average Bonchev–Trinajstić information content (AvgIpc) is 2.42. The van der Waals surface area contributed by atoms with Crippen LogP contribution in [0.2, 0.25) is 0 Å². The topological polar surface area (TPSA) is 15.3 Å². The lowest BCUT2D eigenvalue weighted by atomic mass is 10.1. The summed E-state index contributed by atoms with van der Waals surface area (Å²) in [7, 11) is 0. The fourth-order valence-electron chi connectivity index (χ4n) is 2.16. The Balaban J connectivity index is 2.34. The summed E-state index contributed by atoms with van der Waals surface area (Å²) in [5.74, 6) is -0.116. The molecule has 0 aliphatic heterocycles. The molecule has 0 aliphatic rings. The van der Waals surface area contributed by atoms with E-state index in [4.69, 9.17) is 0 Å². The molecule has 0 saturated carbocycles. The number of rotatable bonds is 8. The number of hydrogen-bond donors (Lipinski definition) is 1. The Morgan fingerprint density at radius 1 is 1.26 bits per heavy atom. The molecule has 0 bridgehead atoms. The summed E-state index contributed by atoms with van der Waals surface area (Å²) in [5, 5.41) is 3.46. The third-order valence-corrected chi connectivity index (χ3v) is 3.69. The van der Waals surface area contributed by atoms with Crippen molar-refractivity contribution in [1.29, 1.82) is 0 Å². The van der Waals surface area contributed by atoms with Crippen molar-refractivity contribution in [2.24, 2.45) is 0 Å². The lowest BCUT2D eigenvalue weighted by Gasteiger charge is -2.19. The zero-order valence-electron chi connectivity index (χ0n) is 12.7. The van der Waals surface area contributed by atoms with Crippen LogP contribution in [0.25, 0.3) is 0 Å². The molecule has 2 nitrogen and oxygen atoms in total. The lowest BCUT2D eigenvalue weighted by molar-refractivity contribution is 0.296. The van der Waals surface area contributed by atoms with Crippen LogP contribution in [-0.2, 0) is 0 Å². The summed E-state index contributed by atoms with van der Waals surface area (Å²) < 4.78 is 13.5. The van der Waals surface area contributed by atoms with E-state index in [0.717, 1.165) is 38.2 Å². The zero-order chi connectivity index (χ0) is 14.3. The van der Waals surface area contributed by atoms with Gasteiger partial charge < -0.3 is 10.2 Å². The smallest absolute Gasteiger partial charge is 0.126 e. The van der Waals surface area contributed by atoms with Crippen LogP contribution < -0.4 is 5.32 Å². The molecule has 1 rings (SSSR count). The van der Waals surface area contributed by atoms with Crippen molar-refractivity contribution >= 4 is 0 Å². The van der Waals surface area contributed by atoms with Crippen molar-refractivity contribution in [2.45, 2.75) is 40.2 Å². The molecule has 0 fully saturated rings. The quantitative estimate of drug-likeness (QED) is 0.724. The number of aryl methyl sites for hydroxylation is 1. The Morgan fingerprint density at radius 3 is 2.53 bits per heavy atom. The number of halogens is 1. The van der Waals surface area contributed by atoms with E-state index in [1.54, 1.807) is 13.0 Å². The number of nitrogens with one attached hydrogen (secondary N) is 1. The summed E-state index contributed by atoms with van der Waals surface area (Å²) in [6.07, 6.45) is 1.13. The highest BCUT2D eigenvalue weighted by Crippen LogP contribution is 2.16. The largest absolute Gasteiger partial charge is 0.310 e. The maximum Gasteiger partial charge on any atom is 0.126 e. The van der Waals surface area contributed by atoms with Crippen LogP contribution in [0.4, 0.5) is 4.39 Å². The van der Waals surface area contributed by atoms with Gasteiger partial charge in [-0.05, 0) is 63.6 Å². The molecule has 0 spiro atoms. The molecular formula is C16H27FN2. The van der Waals surface area contributed by atoms with Gasteiger partial charge in [-0.1, -0.05) is 26.0 Å². The maximum absolute atomic E-state index is 13.5. The SMILES string of the molecule is CCN(CC)CCCNC(C)c1ccc(C)c(F)c1. The second-order valence-electron chi connectivity index (χ2n) is 5.06. The molecule has 1 unspecified atom stereocenters. The normalized spacial score (nSPS) is 12.9. The monoisotopic (exact) mass is 266 g/mol. The molecule has 0 aliphatic carbocycles. The average molecular weight is 266 g/mol. The van der Waals surface area contributed by atoms with Crippen molar-refractivity contribution in [2.75, 3.05) is 26.2 Å². The summed E-state index contributed by atoms with van der Waals surface area (Å²) in [6, 6.07) is 5.68. The van der Waals surface area contributed by atoms with Gasteiger partial charge in [-0.3, -0.25) is 0 Å². The van der Waals surface area contributed by atoms with Crippen LogP contribution >= 0.6 is 0 Å². The van der Waals surface area contributed by atoms with Crippen LogP contribution in [0.1, 0.15) is 44.4 Å². The van der Waals surface area contributed by atoms with Crippen molar-refractivity contribution in [1.82, 2.24) is 10.2 Å². The molecule has 3 heteroatoms. The standard InChI is InChI=1S/C16H27FN2/c1-5-19(6-2)11-7-10-18-14(4)15-9-8-13(3)16(17)12-15/h8-9,12,14,18H,5-7,10-11H2,1-4H3. The molecule has 1 aromatic rings. The second kappa shape index (κ2) is 8.28. The molecule has 1 N–H and O–H groups in total. The second-order valence-corrected chi connectivity index (χ2v) is 5.06. The van der Waals surface area contributed by atoms with Crippen LogP contribution in [0.15, 0.2) is 18.2 Å². The van der Waals surface area contributed by atoms with E-state index >= 15 is 0 Å². The Morgan fingerprint density at radius 2 is 1.95 bits per heavy atom. The minimum atomic E-state index is -0.116. The molecule has 1 aromatic carbocycles. The Hall–Kier alpha value is -0.930. The maximum atomic E-state index is 13.5. The summed E-state index contributed by atoms with van der Waals surface area (Å²) in [4.78, 5) is 2.41. The first-order chi connectivity index (χ1) is 9.08. The fraction of sp³-hybridized carbons (Fsp3) is 0.625. The molecule has 0 saturated heterocycles. The van der Waals surface area contributed by atoms with Gasteiger partial charge >= 0.3 is 0 Å². The number of nitrogens with zero attached hydrogens (tertiary/aromatic N) is 1. The fourth-order valence-corrected chi connectivity index (χ4v) is 2.16. The van der Waals surface area contributed by atoms with Crippen molar-refractivity contribution in [3.8, 4) is 0 Å². The number of benzene rings is 1. The van der Waals surface area contributed by atoms with Gasteiger partial charge in [0.1, 0.15) is 5.82 Å². The van der Waals surface area contributed by atoms with Gasteiger partial charge in [0, 0.05) is 6.04 Å². The first-order valence-electron chi connectivity index (χ1n) is 7.30.